The first-order valence-electron chi connectivity index (χ1n) is 18.0. The number of carbonyl (C=O) groups is 3. The second-order valence-electron chi connectivity index (χ2n) is 14.9. The molecule has 0 radical (unpaired) electrons. The second kappa shape index (κ2) is 17.4. The molecule has 0 amide bonds. The van der Waals surface area contributed by atoms with Crippen molar-refractivity contribution in [2.24, 2.45) is 28.8 Å². The van der Waals surface area contributed by atoms with Crippen LogP contribution in [0.5, 0.6) is 0 Å². The topological polar surface area (TPSA) is 152 Å². The lowest BCUT2D eigenvalue weighted by atomic mass is 9.74. The minimum absolute atomic E-state index is 0.00685. The van der Waals surface area contributed by atoms with Gasteiger partial charge in [0.1, 0.15) is 18.1 Å². The molecule has 3 aliphatic heterocycles. The number of nitrogens with zero attached hydrogens (tertiary/aromatic N) is 2. The van der Waals surface area contributed by atoms with Crippen LogP contribution in [0.15, 0.2) is 22.7 Å². The highest BCUT2D eigenvalue weighted by Gasteiger charge is 2.58. The smallest absolute Gasteiger partial charge is 0.457 e. The fourth-order valence-corrected chi connectivity index (χ4v) is 8.44. The van der Waals surface area contributed by atoms with Crippen LogP contribution in [0.3, 0.4) is 0 Å². The lowest BCUT2D eigenvalue weighted by molar-refractivity contribution is -0.295. The molecule has 0 saturated carbocycles. The van der Waals surface area contributed by atoms with Crippen molar-refractivity contribution in [1.29, 1.82) is 0 Å². The van der Waals surface area contributed by atoms with Crippen molar-refractivity contribution < 1.29 is 52.7 Å². The largest absolute Gasteiger partial charge is 0.509 e. The number of rotatable bonds is 7. The summed E-state index contributed by atoms with van der Waals surface area (Å²) >= 11 is 1.52. The summed E-state index contributed by atoms with van der Waals surface area (Å²) in [7, 11) is 5.28. The van der Waals surface area contributed by atoms with Crippen LogP contribution in [0.4, 0.5) is 4.79 Å². The Morgan fingerprint density at radius 3 is 2.42 bits per heavy atom. The number of likely N-dealkylation sites (N-methyl/N-ethyl adjacent to an activating group) is 1. The number of fused-ring (bicyclic) bond motifs is 1. The summed E-state index contributed by atoms with van der Waals surface area (Å²) in [4.78, 5) is 49.4. The van der Waals surface area contributed by atoms with Gasteiger partial charge in [-0.05, 0) is 72.5 Å². The molecule has 290 valence electrons. The summed E-state index contributed by atoms with van der Waals surface area (Å²) < 4.78 is 36.6. The first kappa shape index (κ1) is 41.7. The molecule has 0 unspecified atom stereocenters. The van der Waals surface area contributed by atoms with Crippen LogP contribution in [0, 0.1) is 35.5 Å². The minimum Gasteiger partial charge on any atom is -0.457 e. The number of aliphatic hydroxyl groups is 1. The number of cyclic esters (lactones) is 1. The highest BCUT2D eigenvalue weighted by molar-refractivity contribution is 7.10. The van der Waals surface area contributed by atoms with Gasteiger partial charge >= 0.3 is 12.1 Å². The van der Waals surface area contributed by atoms with Crippen LogP contribution in [0.1, 0.15) is 79.5 Å². The van der Waals surface area contributed by atoms with Crippen LogP contribution in [-0.2, 0) is 42.8 Å². The van der Waals surface area contributed by atoms with Crippen LogP contribution in [0.25, 0.3) is 0 Å². The lowest BCUT2D eigenvalue weighted by Gasteiger charge is -2.47. The maximum Gasteiger partial charge on any atom is 0.509 e. The number of thiophene rings is 1. The molecule has 4 heterocycles. The van der Waals surface area contributed by atoms with E-state index < -0.39 is 83.5 Å². The first-order chi connectivity index (χ1) is 24.5. The Morgan fingerprint density at radius 1 is 1.10 bits per heavy atom. The van der Waals surface area contributed by atoms with Gasteiger partial charge in [0.05, 0.1) is 28.4 Å². The van der Waals surface area contributed by atoms with Crippen molar-refractivity contribution in [1.82, 2.24) is 4.90 Å². The molecule has 1 N–H and O–H groups in total. The van der Waals surface area contributed by atoms with Gasteiger partial charge in [-0.15, -0.1) is 11.3 Å². The monoisotopic (exact) mass is 748 g/mol. The molecule has 52 heavy (non-hydrogen) atoms. The number of ether oxygens (including phenoxy) is 6. The van der Waals surface area contributed by atoms with Gasteiger partial charge in [0.15, 0.2) is 30.4 Å². The summed E-state index contributed by atoms with van der Waals surface area (Å²) in [6.45, 7) is 14.1. The number of hydrogen-bond acceptors (Lipinski definition) is 14. The Kier molecular flexibility index (Phi) is 13.9. The molecule has 1 aromatic heterocycles. The van der Waals surface area contributed by atoms with Gasteiger partial charge in [0.25, 0.3) is 0 Å². The molecule has 0 spiro atoms. The average molecular weight is 749 g/mol. The predicted octanol–water partition coefficient (Wildman–Crippen LogP) is 4.82. The predicted molar refractivity (Wildman–Crippen MR) is 194 cm³/mol. The number of carbonyl (C=O) groups excluding carboxylic acids is 3. The number of esters is 1. The zero-order valence-corrected chi connectivity index (χ0v) is 33.1. The number of hydrogen-bond donors (Lipinski definition) is 1. The van der Waals surface area contributed by atoms with E-state index in [0.717, 1.165) is 4.88 Å². The molecule has 14 heteroatoms. The van der Waals surface area contributed by atoms with Gasteiger partial charge in [-0.3, -0.25) is 9.59 Å². The van der Waals surface area contributed by atoms with Gasteiger partial charge in [0, 0.05) is 30.9 Å². The van der Waals surface area contributed by atoms with Crippen LogP contribution in [0.2, 0.25) is 0 Å². The molecule has 0 bridgehead atoms. The molecule has 13 nitrogen and oxygen atoms in total. The van der Waals surface area contributed by atoms with E-state index in [1.807, 2.05) is 64.2 Å². The SMILES string of the molecule is CC[C@H]1OC(=O)[C@H](C)C(=O)[C@H](C)[C@@H](O[C@@H]2O[C@H](C)C[C@H](N(C)C)[C@H]2O)[C@](C)(OC)C[C@@H](C)/C(=N\OCC#Cc2cccs2)[C@H](C)[C@H]2OC(=O)O[C@@]21C. The Labute approximate surface area is 311 Å². The second-order valence-corrected chi connectivity index (χ2v) is 15.9. The third-order valence-electron chi connectivity index (χ3n) is 10.8. The number of aliphatic hydroxyl groups excluding tert-OH is 1. The lowest BCUT2D eigenvalue weighted by Crippen LogP contribution is -2.59. The Balaban J connectivity index is 1.80. The van der Waals surface area contributed by atoms with Crippen LogP contribution < -0.4 is 0 Å². The highest BCUT2D eigenvalue weighted by Crippen LogP contribution is 2.42. The van der Waals surface area contributed by atoms with Gasteiger partial charge in [-0.2, -0.15) is 0 Å². The van der Waals surface area contributed by atoms with Crippen molar-refractivity contribution in [3.8, 4) is 11.8 Å². The normalized spacial score (nSPS) is 39.8. The summed E-state index contributed by atoms with van der Waals surface area (Å²) in [5.74, 6) is 1.64. The quantitative estimate of drug-likeness (QED) is 0.134. The van der Waals surface area contributed by atoms with Gasteiger partial charge in [0.2, 0.25) is 0 Å². The minimum atomic E-state index is -1.41. The van der Waals surface area contributed by atoms with Crippen LogP contribution in [-0.4, -0.2) is 115 Å². The van der Waals surface area contributed by atoms with Crippen molar-refractivity contribution in [3.05, 3.63) is 22.4 Å². The molecule has 3 aliphatic rings. The van der Waals surface area contributed by atoms with E-state index in [2.05, 4.69) is 17.0 Å². The van der Waals surface area contributed by atoms with E-state index in [9.17, 15) is 19.5 Å². The maximum atomic E-state index is 14.2. The Hall–Kier alpha value is -3.06. The third kappa shape index (κ3) is 9.00. The Bertz CT molecular complexity index is 1490. The molecule has 3 fully saturated rings. The zero-order valence-electron chi connectivity index (χ0n) is 32.2. The number of Topliss-reactive ketones (excluding diaryl/α,β-unsaturated/α-hetero) is 1. The zero-order chi connectivity index (χ0) is 38.5. The fraction of sp³-hybridized carbons (Fsp3) is 0.737. The number of ketones is 1. The molecular weight excluding hydrogens is 692 g/mol. The number of methoxy groups -OCH3 is 1. The van der Waals surface area contributed by atoms with Crippen LogP contribution >= 0.6 is 11.3 Å². The maximum absolute atomic E-state index is 14.2. The summed E-state index contributed by atoms with van der Waals surface area (Å²) in [6.07, 6.45) is -5.10. The summed E-state index contributed by atoms with van der Waals surface area (Å²) in [5, 5.41) is 18.0. The van der Waals surface area contributed by atoms with E-state index in [0.29, 0.717) is 12.1 Å². The highest BCUT2D eigenvalue weighted by atomic mass is 32.1. The molecule has 1 aromatic rings. The molecule has 0 aromatic carbocycles. The number of oxime groups is 1. The average Bonchev–Trinajstić information content (AvgIpc) is 3.73. The first-order valence-corrected chi connectivity index (χ1v) is 18.9. The van der Waals surface area contributed by atoms with E-state index in [4.69, 9.17) is 33.3 Å². The van der Waals surface area contributed by atoms with Crippen molar-refractivity contribution in [2.45, 2.75) is 129 Å². The summed E-state index contributed by atoms with van der Waals surface area (Å²) in [6, 6.07) is 3.56. The van der Waals surface area contributed by atoms with Gasteiger partial charge < -0.3 is 43.3 Å². The molecule has 0 aliphatic carbocycles. The van der Waals surface area contributed by atoms with Crippen molar-refractivity contribution in [3.63, 3.8) is 0 Å². The van der Waals surface area contributed by atoms with E-state index >= 15 is 0 Å². The van der Waals surface area contributed by atoms with E-state index in [1.54, 1.807) is 20.8 Å². The standard InChI is InChI=1S/C38H56N2O11S/c1-12-28-38(8)33(50-36(44)51-38)23(4)29(39-46-17-13-15-26-16-14-18-52-26)21(2)20-37(7,45-11)32(24(5)30(41)25(6)34(43)48-28)49-35-31(42)27(40(9)10)19-22(3)47-35/h14,16,18,21-25,27-28,31-33,35,42H,12,17,19-20H2,1-11H3/b39-29+/t21-,22-,23+,24+,25-,27+,28-,31-,32-,33-,35+,37-,38-/m1/s1. The summed E-state index contributed by atoms with van der Waals surface area (Å²) in [5.41, 5.74) is -2.12. The molecule has 4 rings (SSSR count). The van der Waals surface area contributed by atoms with Crippen molar-refractivity contribution >= 4 is 35.0 Å². The van der Waals surface area contributed by atoms with Crippen molar-refractivity contribution in [2.75, 3.05) is 27.8 Å². The van der Waals surface area contributed by atoms with E-state index in [-0.39, 0.29) is 31.6 Å². The molecule has 13 atom stereocenters. The van der Waals surface area contributed by atoms with Gasteiger partial charge in [-0.1, -0.05) is 50.8 Å². The molecule has 3 saturated heterocycles. The van der Waals surface area contributed by atoms with Gasteiger partial charge in [-0.25, -0.2) is 4.79 Å². The third-order valence-corrected chi connectivity index (χ3v) is 11.6. The fourth-order valence-electron chi connectivity index (χ4n) is 7.84. The molecular formula is C38H56N2O11S. The Morgan fingerprint density at radius 2 is 1.81 bits per heavy atom. The van der Waals surface area contributed by atoms with E-state index in [1.165, 1.54) is 25.4 Å².